The van der Waals surface area contributed by atoms with Crippen LogP contribution >= 0.6 is 0 Å². The number of rotatable bonds is 9. The van der Waals surface area contributed by atoms with Crippen molar-refractivity contribution in [2.75, 3.05) is 6.54 Å². The Labute approximate surface area is 223 Å². The van der Waals surface area contributed by atoms with Crippen LogP contribution in [0.3, 0.4) is 0 Å². The molecule has 0 bridgehead atoms. The number of fused-ring (bicyclic) bond motifs is 1. The summed E-state index contributed by atoms with van der Waals surface area (Å²) in [5.74, 6) is -0.0155. The minimum absolute atomic E-state index is 0.0632. The van der Waals surface area contributed by atoms with Crippen LogP contribution in [0.2, 0.25) is 0 Å². The normalized spacial score (nSPS) is 17.0. The molecule has 9 heteroatoms. The topological polar surface area (TPSA) is 116 Å². The molecule has 3 amide bonds. The van der Waals surface area contributed by atoms with Gasteiger partial charge in [-0.1, -0.05) is 49.4 Å². The molecule has 0 aliphatic carbocycles. The molecule has 4 rings (SSSR count). The molecule has 9 nitrogen and oxygen atoms in total. The molecule has 1 saturated heterocycles. The van der Waals surface area contributed by atoms with E-state index in [4.69, 9.17) is 4.74 Å². The van der Waals surface area contributed by atoms with Crippen molar-refractivity contribution in [1.82, 2.24) is 25.5 Å². The number of hydrogen-bond donors (Lipinski definition) is 3. The molecule has 0 spiro atoms. The quantitative estimate of drug-likeness (QED) is 0.384. The number of para-hydroxylation sites is 1. The lowest BCUT2D eigenvalue weighted by Gasteiger charge is -2.36. The van der Waals surface area contributed by atoms with Gasteiger partial charge in [0.2, 0.25) is 11.8 Å². The first kappa shape index (κ1) is 27.2. The summed E-state index contributed by atoms with van der Waals surface area (Å²) in [4.78, 5) is 49.1. The first-order chi connectivity index (χ1) is 18.4. The molecule has 2 heterocycles. The minimum atomic E-state index is -1.08. The summed E-state index contributed by atoms with van der Waals surface area (Å²) in [7, 11) is 0. The zero-order valence-corrected chi connectivity index (χ0v) is 22.3. The lowest BCUT2D eigenvalue weighted by Crippen LogP contribution is -2.52. The van der Waals surface area contributed by atoms with Gasteiger partial charge in [-0.2, -0.15) is 0 Å². The smallest absolute Gasteiger partial charge is 0.408 e. The Kier molecular flexibility index (Phi) is 8.99. The maximum Gasteiger partial charge on any atom is 0.408 e. The molecule has 3 atom stereocenters. The number of carbonyl (C=O) groups is 3. The van der Waals surface area contributed by atoms with Gasteiger partial charge in [0.05, 0.1) is 23.5 Å². The Hall–Kier alpha value is -3.88. The van der Waals surface area contributed by atoms with Gasteiger partial charge in [0.25, 0.3) is 0 Å². The Morgan fingerprint density at radius 1 is 1.11 bits per heavy atom. The van der Waals surface area contributed by atoms with Gasteiger partial charge in [-0.25, -0.2) is 9.78 Å². The maximum atomic E-state index is 13.4. The molecule has 38 heavy (non-hydrogen) atoms. The van der Waals surface area contributed by atoms with Crippen LogP contribution in [0.15, 0.2) is 48.5 Å². The van der Waals surface area contributed by atoms with Gasteiger partial charge in [0, 0.05) is 12.6 Å². The number of likely N-dealkylation sites (tertiary alicyclic amines) is 1. The van der Waals surface area contributed by atoms with E-state index in [9.17, 15) is 14.4 Å². The van der Waals surface area contributed by atoms with Crippen LogP contribution in [0.1, 0.15) is 68.9 Å². The van der Waals surface area contributed by atoms with Crippen molar-refractivity contribution in [2.45, 2.75) is 77.6 Å². The summed E-state index contributed by atoms with van der Waals surface area (Å²) >= 11 is 0. The average Bonchev–Trinajstić information content (AvgIpc) is 3.38. The number of nitrogens with zero attached hydrogens (tertiary/aromatic N) is 2. The monoisotopic (exact) mass is 519 g/mol. The number of hydrogen-bond acceptors (Lipinski definition) is 5. The molecular weight excluding hydrogens is 482 g/mol. The highest BCUT2D eigenvalue weighted by molar-refractivity contribution is 5.91. The fourth-order valence-corrected chi connectivity index (χ4v) is 4.94. The fraction of sp³-hybridized carbons (Fsp3) is 0.448. The number of H-pyrrole nitrogens is 1. The summed E-state index contributed by atoms with van der Waals surface area (Å²) in [6, 6.07) is 13.7. The van der Waals surface area contributed by atoms with Gasteiger partial charge in [-0.05, 0) is 56.7 Å². The number of aromatic nitrogens is 2. The standard InChI is InChI=1S/C29H37N5O4/c1-4-22-14-8-9-16-34(22)25(35)17-24(32-29(37)38-18-21-12-6-5-7-13-21)28(36)30-20(3)27-31-23-15-10-11-19(2)26(23)33-27/h5-7,10-13,15,20,22,24H,4,8-9,14,16-18H2,1-3H3,(H,30,36)(H,31,33)(H,32,37)/t20-,22-,24-/m0/s1. The molecule has 0 radical (unpaired) electrons. The fourth-order valence-electron chi connectivity index (χ4n) is 4.94. The Balaban J connectivity index is 1.46. The lowest BCUT2D eigenvalue weighted by atomic mass is 9.99. The Morgan fingerprint density at radius 3 is 2.63 bits per heavy atom. The highest BCUT2D eigenvalue weighted by atomic mass is 16.5. The third-order valence-electron chi connectivity index (χ3n) is 7.12. The molecular formula is C29H37N5O4. The van der Waals surface area contributed by atoms with Crippen molar-refractivity contribution in [1.29, 1.82) is 0 Å². The van der Waals surface area contributed by atoms with E-state index in [1.54, 1.807) is 0 Å². The highest BCUT2D eigenvalue weighted by Gasteiger charge is 2.31. The van der Waals surface area contributed by atoms with Gasteiger partial charge in [0.15, 0.2) is 0 Å². The molecule has 0 unspecified atom stereocenters. The van der Waals surface area contributed by atoms with E-state index in [1.165, 1.54) is 0 Å². The third-order valence-corrected chi connectivity index (χ3v) is 7.12. The van der Waals surface area contributed by atoms with Crippen molar-refractivity contribution in [3.63, 3.8) is 0 Å². The number of aryl methyl sites for hydroxylation is 1. The zero-order valence-electron chi connectivity index (χ0n) is 22.3. The lowest BCUT2D eigenvalue weighted by molar-refractivity contribution is -0.138. The van der Waals surface area contributed by atoms with E-state index < -0.39 is 24.1 Å². The number of imidazole rings is 1. The largest absolute Gasteiger partial charge is 0.445 e. The summed E-state index contributed by atoms with van der Waals surface area (Å²) in [5, 5.41) is 5.55. The van der Waals surface area contributed by atoms with E-state index in [1.807, 2.05) is 67.3 Å². The van der Waals surface area contributed by atoms with E-state index >= 15 is 0 Å². The average molecular weight is 520 g/mol. The summed E-state index contributed by atoms with van der Waals surface area (Å²) in [6.45, 7) is 6.59. The number of nitrogens with one attached hydrogen (secondary N) is 3. The number of ether oxygens (including phenoxy) is 1. The molecule has 0 saturated carbocycles. The summed E-state index contributed by atoms with van der Waals surface area (Å²) in [6.07, 6.45) is 2.94. The zero-order chi connectivity index (χ0) is 27.1. The number of piperidine rings is 1. The summed E-state index contributed by atoms with van der Waals surface area (Å²) in [5.41, 5.74) is 3.58. The van der Waals surface area contributed by atoms with Gasteiger partial charge in [-0.3, -0.25) is 9.59 Å². The third kappa shape index (κ3) is 6.70. The van der Waals surface area contributed by atoms with Crippen LogP contribution in [0.4, 0.5) is 4.79 Å². The van der Waals surface area contributed by atoms with Gasteiger partial charge in [0.1, 0.15) is 18.5 Å². The Morgan fingerprint density at radius 2 is 1.89 bits per heavy atom. The van der Waals surface area contributed by atoms with Crippen LogP contribution < -0.4 is 10.6 Å². The highest BCUT2D eigenvalue weighted by Crippen LogP contribution is 2.22. The van der Waals surface area contributed by atoms with Crippen molar-refractivity contribution < 1.29 is 19.1 Å². The number of amides is 3. The second kappa shape index (κ2) is 12.6. The predicted molar refractivity (Wildman–Crippen MR) is 145 cm³/mol. The summed E-state index contributed by atoms with van der Waals surface area (Å²) < 4.78 is 5.35. The van der Waals surface area contributed by atoms with Crippen molar-refractivity contribution in [2.24, 2.45) is 0 Å². The second-order valence-electron chi connectivity index (χ2n) is 9.93. The molecule has 1 aliphatic heterocycles. The van der Waals surface area contributed by atoms with E-state index in [0.717, 1.165) is 47.8 Å². The molecule has 1 aromatic heterocycles. The number of aromatic amines is 1. The van der Waals surface area contributed by atoms with Crippen LogP contribution in [-0.4, -0.2) is 51.4 Å². The van der Waals surface area contributed by atoms with Crippen LogP contribution in [0, 0.1) is 6.92 Å². The van der Waals surface area contributed by atoms with Crippen molar-refractivity contribution in [3.8, 4) is 0 Å². The second-order valence-corrected chi connectivity index (χ2v) is 9.93. The number of benzene rings is 2. The molecule has 2 aromatic carbocycles. The molecule has 1 fully saturated rings. The van der Waals surface area contributed by atoms with E-state index in [-0.39, 0.29) is 25.0 Å². The molecule has 1 aliphatic rings. The SMILES string of the molecule is CC[C@H]1CCCCN1C(=O)C[C@H](NC(=O)OCc1ccccc1)C(=O)N[C@@H](C)c1nc2c(C)cccc2[nH]1. The molecule has 202 valence electrons. The van der Waals surface area contributed by atoms with Gasteiger partial charge < -0.3 is 25.3 Å². The van der Waals surface area contributed by atoms with Crippen LogP contribution in [0.25, 0.3) is 11.0 Å². The number of carbonyl (C=O) groups excluding carboxylic acids is 3. The van der Waals surface area contributed by atoms with Crippen LogP contribution in [-0.2, 0) is 20.9 Å². The van der Waals surface area contributed by atoms with Gasteiger partial charge >= 0.3 is 6.09 Å². The first-order valence-corrected chi connectivity index (χ1v) is 13.4. The molecule has 3 aromatic rings. The van der Waals surface area contributed by atoms with Crippen molar-refractivity contribution >= 4 is 28.9 Å². The number of alkyl carbamates (subject to hydrolysis) is 1. The van der Waals surface area contributed by atoms with Gasteiger partial charge in [-0.15, -0.1) is 0 Å². The minimum Gasteiger partial charge on any atom is -0.445 e. The van der Waals surface area contributed by atoms with E-state index in [0.29, 0.717) is 12.4 Å². The van der Waals surface area contributed by atoms with Crippen molar-refractivity contribution in [3.05, 3.63) is 65.5 Å². The Bertz CT molecular complexity index is 1260. The predicted octanol–water partition coefficient (Wildman–Crippen LogP) is 4.52. The first-order valence-electron chi connectivity index (χ1n) is 13.4. The maximum absolute atomic E-state index is 13.4. The van der Waals surface area contributed by atoms with E-state index in [2.05, 4.69) is 27.5 Å². The van der Waals surface area contributed by atoms with Crippen LogP contribution in [0.5, 0.6) is 0 Å². The molecule has 3 N–H and O–H groups in total.